The summed E-state index contributed by atoms with van der Waals surface area (Å²) < 4.78 is 5.07. The third kappa shape index (κ3) is 7.60. The molecule has 0 heterocycles. The molecule has 0 aliphatic rings. The van der Waals surface area contributed by atoms with Crippen LogP contribution in [0.25, 0.3) is 0 Å². The van der Waals surface area contributed by atoms with Gasteiger partial charge in [0.05, 0.1) is 0 Å². The van der Waals surface area contributed by atoms with Gasteiger partial charge in [0.25, 0.3) is 0 Å². The molecular weight excluding hydrogens is 220 g/mol. The van der Waals surface area contributed by atoms with Crippen LogP contribution in [0.5, 0.6) is 0 Å². The van der Waals surface area contributed by atoms with Crippen molar-refractivity contribution < 1.29 is 14.3 Å². The second kappa shape index (κ2) is 6.47. The zero-order valence-corrected chi connectivity index (χ0v) is 11.7. The van der Waals surface area contributed by atoms with Crippen LogP contribution in [0.15, 0.2) is 0 Å². The highest BCUT2D eigenvalue weighted by Crippen LogP contribution is 2.06. The van der Waals surface area contributed by atoms with E-state index in [9.17, 15) is 9.59 Å². The second-order valence-corrected chi connectivity index (χ2v) is 5.34. The summed E-state index contributed by atoms with van der Waals surface area (Å²) in [7, 11) is 1.72. The van der Waals surface area contributed by atoms with Crippen LogP contribution in [0.4, 0.5) is 4.79 Å². The number of hydrogen-bond donors (Lipinski definition) is 1. The molecule has 0 aliphatic carbocycles. The lowest BCUT2D eigenvalue weighted by atomic mass is 10.2. The Bertz CT molecular complexity index is 269. The fourth-order valence-corrected chi connectivity index (χ4v) is 1.19. The zero-order chi connectivity index (χ0) is 13.6. The van der Waals surface area contributed by atoms with E-state index >= 15 is 0 Å². The topological polar surface area (TPSA) is 58.6 Å². The third-order valence-corrected chi connectivity index (χ3v) is 1.99. The zero-order valence-electron chi connectivity index (χ0n) is 11.7. The van der Waals surface area contributed by atoms with Crippen LogP contribution in [0.2, 0.25) is 0 Å². The van der Waals surface area contributed by atoms with Gasteiger partial charge in [-0.15, -0.1) is 0 Å². The molecule has 0 radical (unpaired) electrons. The van der Waals surface area contributed by atoms with Crippen molar-refractivity contribution in [1.29, 1.82) is 0 Å². The molecule has 0 bridgehead atoms. The molecule has 1 N–H and O–H groups in total. The molecular formula is C12H24N2O3. The summed E-state index contributed by atoms with van der Waals surface area (Å²) >= 11 is 0. The highest BCUT2D eigenvalue weighted by molar-refractivity contribution is 5.77. The van der Waals surface area contributed by atoms with Gasteiger partial charge in [-0.2, -0.15) is 0 Å². The number of nitrogens with one attached hydrogen (secondary N) is 1. The molecule has 0 saturated heterocycles. The molecule has 5 heteroatoms. The smallest absolute Gasteiger partial charge is 0.407 e. The van der Waals surface area contributed by atoms with Gasteiger partial charge in [0.15, 0.2) is 0 Å². The molecule has 17 heavy (non-hydrogen) atoms. The van der Waals surface area contributed by atoms with Crippen molar-refractivity contribution >= 4 is 12.0 Å². The summed E-state index contributed by atoms with van der Waals surface area (Å²) in [4.78, 5) is 24.4. The first-order chi connectivity index (χ1) is 7.63. The van der Waals surface area contributed by atoms with Crippen LogP contribution in [0, 0.1) is 5.92 Å². The van der Waals surface area contributed by atoms with Crippen molar-refractivity contribution in [2.24, 2.45) is 5.92 Å². The molecule has 0 aromatic heterocycles. The third-order valence-electron chi connectivity index (χ3n) is 1.99. The molecule has 2 amide bonds. The SMILES string of the molecule is CC(C)C(=O)N(C)CCNC(=O)OC(C)(C)C. The Balaban J connectivity index is 3.85. The van der Waals surface area contributed by atoms with E-state index in [1.807, 2.05) is 13.8 Å². The summed E-state index contributed by atoms with van der Waals surface area (Å²) in [5, 5.41) is 2.61. The summed E-state index contributed by atoms with van der Waals surface area (Å²) in [6, 6.07) is 0. The minimum Gasteiger partial charge on any atom is -0.444 e. The predicted octanol–water partition coefficient (Wildman–Crippen LogP) is 1.63. The molecule has 0 unspecified atom stereocenters. The summed E-state index contributed by atoms with van der Waals surface area (Å²) in [6.07, 6.45) is -0.456. The number of ether oxygens (including phenoxy) is 1. The number of rotatable bonds is 4. The van der Waals surface area contributed by atoms with Crippen molar-refractivity contribution in [2.75, 3.05) is 20.1 Å². The fourth-order valence-electron chi connectivity index (χ4n) is 1.19. The first kappa shape index (κ1) is 15.7. The molecule has 100 valence electrons. The maximum Gasteiger partial charge on any atom is 0.407 e. The van der Waals surface area contributed by atoms with Gasteiger partial charge < -0.3 is 15.0 Å². The van der Waals surface area contributed by atoms with E-state index in [-0.39, 0.29) is 11.8 Å². The van der Waals surface area contributed by atoms with E-state index in [2.05, 4.69) is 5.32 Å². The number of carbonyl (C=O) groups is 2. The van der Waals surface area contributed by atoms with Crippen molar-refractivity contribution in [1.82, 2.24) is 10.2 Å². The lowest BCUT2D eigenvalue weighted by molar-refractivity contribution is -0.133. The molecule has 0 fully saturated rings. The van der Waals surface area contributed by atoms with E-state index in [1.54, 1.807) is 32.7 Å². The summed E-state index contributed by atoms with van der Waals surface area (Å²) in [5.74, 6) is 0.0394. The minimum absolute atomic E-state index is 0.0264. The standard InChI is InChI=1S/C12H24N2O3/c1-9(2)10(15)14(6)8-7-13-11(16)17-12(3,4)5/h9H,7-8H2,1-6H3,(H,13,16). The van der Waals surface area contributed by atoms with E-state index in [0.29, 0.717) is 13.1 Å². The lowest BCUT2D eigenvalue weighted by Crippen LogP contribution is -2.39. The van der Waals surface area contributed by atoms with Gasteiger partial charge in [0.2, 0.25) is 5.91 Å². The van der Waals surface area contributed by atoms with Crippen molar-refractivity contribution in [3.8, 4) is 0 Å². The van der Waals surface area contributed by atoms with Gasteiger partial charge in [-0.05, 0) is 20.8 Å². The number of likely N-dealkylation sites (N-methyl/N-ethyl adjacent to an activating group) is 1. The van der Waals surface area contributed by atoms with Crippen LogP contribution in [-0.2, 0) is 9.53 Å². The second-order valence-electron chi connectivity index (χ2n) is 5.34. The Morgan fingerprint density at radius 1 is 1.29 bits per heavy atom. The van der Waals surface area contributed by atoms with Gasteiger partial charge in [0.1, 0.15) is 5.60 Å². The van der Waals surface area contributed by atoms with Gasteiger partial charge in [0, 0.05) is 26.1 Å². The average molecular weight is 244 g/mol. The summed E-state index contributed by atoms with van der Waals surface area (Å²) in [5.41, 5.74) is -0.496. The monoisotopic (exact) mass is 244 g/mol. The van der Waals surface area contributed by atoms with Crippen LogP contribution >= 0.6 is 0 Å². The van der Waals surface area contributed by atoms with Gasteiger partial charge in [-0.25, -0.2) is 4.79 Å². The van der Waals surface area contributed by atoms with Crippen molar-refractivity contribution in [3.63, 3.8) is 0 Å². The van der Waals surface area contributed by atoms with Gasteiger partial charge in [-0.3, -0.25) is 4.79 Å². The molecule has 0 atom stereocenters. The Hall–Kier alpha value is -1.26. The molecule has 0 aromatic carbocycles. The van der Waals surface area contributed by atoms with Crippen LogP contribution in [0.1, 0.15) is 34.6 Å². The molecule has 0 saturated carbocycles. The maximum absolute atomic E-state index is 11.5. The van der Waals surface area contributed by atoms with Gasteiger partial charge >= 0.3 is 6.09 Å². The molecule has 0 aromatic rings. The van der Waals surface area contributed by atoms with E-state index < -0.39 is 11.7 Å². The van der Waals surface area contributed by atoms with Crippen LogP contribution in [-0.4, -0.2) is 42.6 Å². The Labute approximate surface area is 103 Å². The quantitative estimate of drug-likeness (QED) is 0.817. The normalized spacial score (nSPS) is 11.2. The summed E-state index contributed by atoms with van der Waals surface area (Å²) in [6.45, 7) is 9.99. The highest BCUT2D eigenvalue weighted by atomic mass is 16.6. The number of amides is 2. The maximum atomic E-state index is 11.5. The molecule has 0 rings (SSSR count). The molecule has 0 aliphatic heterocycles. The van der Waals surface area contributed by atoms with Gasteiger partial charge in [-0.1, -0.05) is 13.8 Å². The predicted molar refractivity (Wildman–Crippen MR) is 66.7 cm³/mol. The number of hydrogen-bond acceptors (Lipinski definition) is 3. The largest absolute Gasteiger partial charge is 0.444 e. The first-order valence-electron chi connectivity index (χ1n) is 5.85. The molecule has 5 nitrogen and oxygen atoms in total. The number of carbonyl (C=O) groups excluding carboxylic acids is 2. The highest BCUT2D eigenvalue weighted by Gasteiger charge is 2.16. The average Bonchev–Trinajstić information content (AvgIpc) is 2.13. The Morgan fingerprint density at radius 2 is 1.82 bits per heavy atom. The van der Waals surface area contributed by atoms with E-state index in [1.165, 1.54) is 0 Å². The fraction of sp³-hybridized carbons (Fsp3) is 0.833. The minimum atomic E-state index is -0.496. The number of alkyl carbamates (subject to hydrolysis) is 1. The first-order valence-corrected chi connectivity index (χ1v) is 5.85. The van der Waals surface area contributed by atoms with E-state index in [0.717, 1.165) is 0 Å². The van der Waals surface area contributed by atoms with Crippen LogP contribution in [0.3, 0.4) is 0 Å². The van der Waals surface area contributed by atoms with Crippen LogP contribution < -0.4 is 5.32 Å². The lowest BCUT2D eigenvalue weighted by Gasteiger charge is -2.22. The Morgan fingerprint density at radius 3 is 2.24 bits per heavy atom. The Kier molecular flexibility index (Phi) is 5.99. The van der Waals surface area contributed by atoms with Crippen molar-refractivity contribution in [3.05, 3.63) is 0 Å². The van der Waals surface area contributed by atoms with E-state index in [4.69, 9.17) is 4.74 Å². The number of nitrogens with zero attached hydrogens (tertiary/aromatic N) is 1. The van der Waals surface area contributed by atoms with Crippen molar-refractivity contribution in [2.45, 2.75) is 40.2 Å². The molecule has 0 spiro atoms.